The predicted molar refractivity (Wildman–Crippen MR) is 69.4 cm³/mol. The minimum Gasteiger partial charge on any atom is -0.491 e. The van der Waals surface area contributed by atoms with E-state index < -0.39 is 0 Å². The van der Waals surface area contributed by atoms with Crippen molar-refractivity contribution in [1.29, 1.82) is 0 Å². The lowest BCUT2D eigenvalue weighted by Gasteiger charge is -2.20. The summed E-state index contributed by atoms with van der Waals surface area (Å²) in [6, 6.07) is 7.19. The van der Waals surface area contributed by atoms with Gasteiger partial charge in [-0.05, 0) is 58.9 Å². The molecule has 0 aliphatic rings. The number of nitrogens with one attached hydrogen (secondary N) is 1. The van der Waals surface area contributed by atoms with Gasteiger partial charge in [0.15, 0.2) is 0 Å². The quantitative estimate of drug-likeness (QED) is 0.874. The summed E-state index contributed by atoms with van der Waals surface area (Å²) in [5.41, 5.74) is 0.431. The minimum atomic E-state index is -0.218. The smallest absolute Gasteiger partial charge is 0.251 e. The van der Waals surface area contributed by atoms with E-state index in [1.165, 1.54) is 0 Å². The standard InChI is InChI=1S/C14H21NO2/c1-10(2)17-12-8-6-11(7-9-12)13(16)15-14(3,4)5/h6-10H,1-5H3,(H,15,16). The van der Waals surface area contributed by atoms with E-state index in [-0.39, 0.29) is 17.6 Å². The van der Waals surface area contributed by atoms with Gasteiger partial charge >= 0.3 is 0 Å². The molecule has 94 valence electrons. The molecule has 1 N–H and O–H groups in total. The fourth-order valence-electron chi connectivity index (χ4n) is 1.37. The first-order valence-corrected chi connectivity index (χ1v) is 5.87. The predicted octanol–water partition coefficient (Wildman–Crippen LogP) is 3.00. The van der Waals surface area contributed by atoms with Crippen molar-refractivity contribution >= 4 is 5.91 Å². The molecular weight excluding hydrogens is 214 g/mol. The molecule has 3 nitrogen and oxygen atoms in total. The van der Waals surface area contributed by atoms with Gasteiger partial charge in [-0.25, -0.2) is 0 Å². The zero-order valence-corrected chi connectivity index (χ0v) is 11.2. The molecule has 0 aromatic heterocycles. The summed E-state index contributed by atoms with van der Waals surface area (Å²) >= 11 is 0. The van der Waals surface area contributed by atoms with Crippen LogP contribution in [0.15, 0.2) is 24.3 Å². The van der Waals surface area contributed by atoms with Crippen LogP contribution in [-0.2, 0) is 0 Å². The van der Waals surface area contributed by atoms with E-state index in [1.54, 1.807) is 12.1 Å². The summed E-state index contributed by atoms with van der Waals surface area (Å²) < 4.78 is 5.52. The fourth-order valence-corrected chi connectivity index (χ4v) is 1.37. The van der Waals surface area contributed by atoms with E-state index in [9.17, 15) is 4.79 Å². The molecule has 1 aromatic carbocycles. The van der Waals surface area contributed by atoms with Gasteiger partial charge in [-0.2, -0.15) is 0 Å². The van der Waals surface area contributed by atoms with Crippen LogP contribution in [0.4, 0.5) is 0 Å². The van der Waals surface area contributed by atoms with Crippen molar-refractivity contribution in [2.75, 3.05) is 0 Å². The highest BCUT2D eigenvalue weighted by Crippen LogP contribution is 2.14. The second kappa shape index (κ2) is 5.21. The summed E-state index contributed by atoms with van der Waals surface area (Å²) in [5.74, 6) is 0.723. The third-order valence-electron chi connectivity index (χ3n) is 1.98. The summed E-state index contributed by atoms with van der Waals surface area (Å²) in [6.07, 6.45) is 0.143. The number of carbonyl (C=O) groups is 1. The first-order valence-electron chi connectivity index (χ1n) is 5.87. The lowest BCUT2D eigenvalue weighted by Crippen LogP contribution is -2.40. The van der Waals surface area contributed by atoms with E-state index in [1.807, 2.05) is 46.8 Å². The Hall–Kier alpha value is -1.51. The molecule has 17 heavy (non-hydrogen) atoms. The Morgan fingerprint density at radius 3 is 2.12 bits per heavy atom. The van der Waals surface area contributed by atoms with Crippen LogP contribution in [0.2, 0.25) is 0 Å². The van der Waals surface area contributed by atoms with Gasteiger partial charge in [-0.1, -0.05) is 0 Å². The Bertz CT molecular complexity index is 374. The molecular formula is C14H21NO2. The molecule has 1 aromatic rings. The van der Waals surface area contributed by atoms with Gasteiger partial charge in [-0.3, -0.25) is 4.79 Å². The van der Waals surface area contributed by atoms with Gasteiger partial charge in [0.25, 0.3) is 5.91 Å². The second-order valence-corrected chi connectivity index (χ2v) is 5.40. The number of hydrogen-bond donors (Lipinski definition) is 1. The van der Waals surface area contributed by atoms with Crippen molar-refractivity contribution in [2.45, 2.75) is 46.3 Å². The Kier molecular flexibility index (Phi) is 4.16. The molecule has 0 saturated carbocycles. The normalized spacial score (nSPS) is 11.4. The molecule has 0 aliphatic carbocycles. The van der Waals surface area contributed by atoms with Crippen molar-refractivity contribution in [2.24, 2.45) is 0 Å². The zero-order chi connectivity index (χ0) is 13.1. The third-order valence-corrected chi connectivity index (χ3v) is 1.98. The Balaban J connectivity index is 2.71. The highest BCUT2D eigenvalue weighted by Gasteiger charge is 2.15. The topological polar surface area (TPSA) is 38.3 Å². The van der Waals surface area contributed by atoms with Crippen LogP contribution >= 0.6 is 0 Å². The van der Waals surface area contributed by atoms with Crippen molar-refractivity contribution in [1.82, 2.24) is 5.32 Å². The molecule has 0 radical (unpaired) electrons. The van der Waals surface area contributed by atoms with Crippen molar-refractivity contribution < 1.29 is 9.53 Å². The maximum Gasteiger partial charge on any atom is 0.251 e. The van der Waals surface area contributed by atoms with E-state index in [4.69, 9.17) is 4.74 Å². The molecule has 0 bridgehead atoms. The van der Waals surface area contributed by atoms with Crippen LogP contribution in [0.25, 0.3) is 0 Å². The number of amides is 1. The molecule has 0 saturated heterocycles. The van der Waals surface area contributed by atoms with Gasteiger partial charge in [0.2, 0.25) is 0 Å². The van der Waals surface area contributed by atoms with Crippen LogP contribution < -0.4 is 10.1 Å². The SMILES string of the molecule is CC(C)Oc1ccc(C(=O)NC(C)(C)C)cc1. The average molecular weight is 235 g/mol. The number of ether oxygens (including phenoxy) is 1. The number of benzene rings is 1. The van der Waals surface area contributed by atoms with E-state index in [2.05, 4.69) is 5.32 Å². The Morgan fingerprint density at radius 1 is 1.18 bits per heavy atom. The molecule has 0 fully saturated rings. The number of hydrogen-bond acceptors (Lipinski definition) is 2. The first kappa shape index (κ1) is 13.6. The van der Waals surface area contributed by atoms with E-state index in [0.717, 1.165) is 5.75 Å². The molecule has 1 amide bonds. The summed E-state index contributed by atoms with van der Waals surface area (Å²) in [4.78, 5) is 11.8. The third kappa shape index (κ3) is 4.89. The van der Waals surface area contributed by atoms with Gasteiger partial charge in [0.1, 0.15) is 5.75 Å². The van der Waals surface area contributed by atoms with Gasteiger partial charge in [0, 0.05) is 11.1 Å². The molecule has 0 heterocycles. The van der Waals surface area contributed by atoms with Crippen molar-refractivity contribution in [3.05, 3.63) is 29.8 Å². The van der Waals surface area contributed by atoms with Gasteiger partial charge in [0.05, 0.1) is 6.10 Å². The Labute approximate surface area is 103 Å². The Morgan fingerprint density at radius 2 is 1.71 bits per heavy atom. The number of carbonyl (C=O) groups excluding carboxylic acids is 1. The largest absolute Gasteiger partial charge is 0.491 e. The van der Waals surface area contributed by atoms with Crippen LogP contribution in [-0.4, -0.2) is 17.6 Å². The summed E-state index contributed by atoms with van der Waals surface area (Å²) in [7, 11) is 0. The summed E-state index contributed by atoms with van der Waals surface area (Å²) in [6.45, 7) is 9.82. The monoisotopic (exact) mass is 235 g/mol. The molecule has 0 spiro atoms. The lowest BCUT2D eigenvalue weighted by atomic mass is 10.1. The van der Waals surface area contributed by atoms with Crippen molar-refractivity contribution in [3.8, 4) is 5.75 Å². The van der Waals surface area contributed by atoms with Crippen LogP contribution in [0.1, 0.15) is 45.0 Å². The maximum absolute atomic E-state index is 11.8. The fraction of sp³-hybridized carbons (Fsp3) is 0.500. The highest BCUT2D eigenvalue weighted by atomic mass is 16.5. The molecule has 1 rings (SSSR count). The average Bonchev–Trinajstić information content (AvgIpc) is 2.15. The van der Waals surface area contributed by atoms with Crippen molar-refractivity contribution in [3.63, 3.8) is 0 Å². The summed E-state index contributed by atoms with van der Waals surface area (Å²) in [5, 5.41) is 2.92. The van der Waals surface area contributed by atoms with E-state index >= 15 is 0 Å². The maximum atomic E-state index is 11.8. The van der Waals surface area contributed by atoms with E-state index in [0.29, 0.717) is 5.56 Å². The molecule has 0 aliphatic heterocycles. The molecule has 3 heteroatoms. The highest BCUT2D eigenvalue weighted by molar-refractivity contribution is 5.94. The molecule has 0 unspecified atom stereocenters. The van der Waals surface area contributed by atoms with Crippen LogP contribution in [0.3, 0.4) is 0 Å². The second-order valence-electron chi connectivity index (χ2n) is 5.40. The van der Waals surface area contributed by atoms with Gasteiger partial charge < -0.3 is 10.1 Å². The molecule has 0 atom stereocenters. The number of rotatable bonds is 3. The lowest BCUT2D eigenvalue weighted by molar-refractivity contribution is 0.0919. The zero-order valence-electron chi connectivity index (χ0n) is 11.2. The van der Waals surface area contributed by atoms with Gasteiger partial charge in [-0.15, -0.1) is 0 Å². The van der Waals surface area contributed by atoms with Crippen LogP contribution in [0, 0.1) is 0 Å². The first-order chi connectivity index (χ1) is 7.78. The van der Waals surface area contributed by atoms with Crippen LogP contribution in [0.5, 0.6) is 5.75 Å². The minimum absolute atomic E-state index is 0.0615.